The van der Waals surface area contributed by atoms with E-state index in [-0.39, 0.29) is 5.97 Å². The van der Waals surface area contributed by atoms with Crippen LogP contribution in [0.2, 0.25) is 0 Å². The molecule has 3 heteroatoms. The van der Waals surface area contributed by atoms with Gasteiger partial charge in [-0.15, -0.1) is 0 Å². The van der Waals surface area contributed by atoms with Gasteiger partial charge in [0, 0.05) is 13.1 Å². The maximum atomic E-state index is 11.0. The predicted molar refractivity (Wildman–Crippen MR) is 58.2 cm³/mol. The number of hydrogen-bond donors (Lipinski definition) is 1. The maximum absolute atomic E-state index is 11.0. The van der Waals surface area contributed by atoms with Crippen molar-refractivity contribution in [3.8, 4) is 0 Å². The summed E-state index contributed by atoms with van der Waals surface area (Å²) in [6.45, 7) is 10.6. The van der Waals surface area contributed by atoms with Crippen molar-refractivity contribution in [1.29, 1.82) is 0 Å². The number of nitrogens with one attached hydrogen (secondary N) is 1. The Hall–Kier alpha value is -0.570. The quantitative estimate of drug-likeness (QED) is 0.505. The van der Waals surface area contributed by atoms with Crippen molar-refractivity contribution in [2.24, 2.45) is 5.41 Å². The normalized spacial score (nSPS) is 11.4. The Morgan fingerprint density at radius 2 is 2.00 bits per heavy atom. The maximum Gasteiger partial charge on any atom is 0.307 e. The molecule has 0 aliphatic rings. The molecule has 84 valence electrons. The van der Waals surface area contributed by atoms with Gasteiger partial charge in [0.15, 0.2) is 0 Å². The number of carbonyl (C=O) groups excluding carboxylic acids is 1. The van der Waals surface area contributed by atoms with Crippen molar-refractivity contribution in [3.63, 3.8) is 0 Å². The highest BCUT2D eigenvalue weighted by atomic mass is 16.5. The molecule has 0 aromatic heterocycles. The highest BCUT2D eigenvalue weighted by Gasteiger charge is 2.13. The number of esters is 1. The predicted octanol–water partition coefficient (Wildman–Crippen LogP) is 1.97. The molecule has 0 aliphatic carbocycles. The third-order valence-electron chi connectivity index (χ3n) is 2.37. The molecule has 0 spiro atoms. The Morgan fingerprint density at radius 3 is 2.50 bits per heavy atom. The summed E-state index contributed by atoms with van der Waals surface area (Å²) in [5.74, 6) is -0.116. The molecular formula is C11H23NO2. The highest BCUT2D eigenvalue weighted by Crippen LogP contribution is 2.17. The highest BCUT2D eigenvalue weighted by molar-refractivity contribution is 5.69. The van der Waals surface area contributed by atoms with Gasteiger partial charge in [-0.1, -0.05) is 20.8 Å². The van der Waals surface area contributed by atoms with Crippen LogP contribution in [0.4, 0.5) is 0 Å². The fourth-order valence-corrected chi connectivity index (χ4v) is 0.975. The minimum atomic E-state index is -0.116. The van der Waals surface area contributed by atoms with Crippen molar-refractivity contribution in [3.05, 3.63) is 0 Å². The zero-order chi connectivity index (χ0) is 11.0. The van der Waals surface area contributed by atoms with Gasteiger partial charge in [-0.25, -0.2) is 0 Å². The lowest BCUT2D eigenvalue weighted by Crippen LogP contribution is -2.30. The second-order valence-electron chi connectivity index (χ2n) is 4.25. The van der Waals surface area contributed by atoms with E-state index in [2.05, 4.69) is 26.1 Å². The van der Waals surface area contributed by atoms with Crippen LogP contribution in [0.15, 0.2) is 0 Å². The first kappa shape index (κ1) is 13.4. The van der Waals surface area contributed by atoms with E-state index < -0.39 is 0 Å². The number of hydrogen-bond acceptors (Lipinski definition) is 3. The van der Waals surface area contributed by atoms with Gasteiger partial charge in [-0.3, -0.25) is 4.79 Å². The van der Waals surface area contributed by atoms with Gasteiger partial charge < -0.3 is 10.1 Å². The summed E-state index contributed by atoms with van der Waals surface area (Å²) >= 11 is 0. The lowest BCUT2D eigenvalue weighted by molar-refractivity contribution is -0.142. The second-order valence-corrected chi connectivity index (χ2v) is 4.25. The Balaban J connectivity index is 3.42. The Kier molecular flexibility index (Phi) is 6.54. The average molecular weight is 201 g/mol. The molecule has 0 saturated carbocycles. The van der Waals surface area contributed by atoms with E-state index in [4.69, 9.17) is 4.74 Å². The van der Waals surface area contributed by atoms with Crippen molar-refractivity contribution < 1.29 is 9.53 Å². The van der Waals surface area contributed by atoms with Crippen LogP contribution in [0, 0.1) is 5.41 Å². The minimum absolute atomic E-state index is 0.116. The molecule has 0 heterocycles. The summed E-state index contributed by atoms with van der Waals surface area (Å²) in [7, 11) is 0. The molecule has 0 aromatic carbocycles. The van der Waals surface area contributed by atoms with Crippen molar-refractivity contribution >= 4 is 5.97 Å². The second kappa shape index (κ2) is 6.82. The lowest BCUT2D eigenvalue weighted by Gasteiger charge is -2.22. The van der Waals surface area contributed by atoms with E-state index in [1.807, 2.05) is 6.92 Å². The van der Waals surface area contributed by atoms with Crippen LogP contribution in [0.5, 0.6) is 0 Å². The van der Waals surface area contributed by atoms with Gasteiger partial charge in [-0.05, 0) is 18.8 Å². The third-order valence-corrected chi connectivity index (χ3v) is 2.37. The largest absolute Gasteiger partial charge is 0.466 e. The Bertz CT molecular complexity index is 167. The zero-order valence-electron chi connectivity index (χ0n) is 9.85. The van der Waals surface area contributed by atoms with Crippen LogP contribution in [0.25, 0.3) is 0 Å². The monoisotopic (exact) mass is 201 g/mol. The van der Waals surface area contributed by atoms with E-state index in [1.165, 1.54) is 0 Å². The van der Waals surface area contributed by atoms with Crippen LogP contribution < -0.4 is 5.32 Å². The molecule has 14 heavy (non-hydrogen) atoms. The topological polar surface area (TPSA) is 38.3 Å². The number of rotatable bonds is 7. The summed E-state index contributed by atoms with van der Waals surface area (Å²) < 4.78 is 4.82. The van der Waals surface area contributed by atoms with Crippen LogP contribution in [-0.4, -0.2) is 25.7 Å². The van der Waals surface area contributed by atoms with Gasteiger partial charge in [0.25, 0.3) is 0 Å². The standard InChI is InChI=1S/C11H23NO2/c1-5-11(3,4)9-12-8-7-10(13)14-6-2/h12H,5-9H2,1-4H3. The minimum Gasteiger partial charge on any atom is -0.466 e. The summed E-state index contributed by atoms with van der Waals surface area (Å²) in [6.07, 6.45) is 1.60. The summed E-state index contributed by atoms with van der Waals surface area (Å²) in [4.78, 5) is 11.0. The average Bonchev–Trinajstić information content (AvgIpc) is 2.13. The molecule has 0 bridgehead atoms. The molecule has 0 amide bonds. The van der Waals surface area contributed by atoms with E-state index in [0.29, 0.717) is 25.0 Å². The molecule has 0 unspecified atom stereocenters. The molecule has 3 nitrogen and oxygen atoms in total. The number of ether oxygens (including phenoxy) is 1. The molecule has 0 saturated heterocycles. The fraction of sp³-hybridized carbons (Fsp3) is 0.909. The van der Waals surface area contributed by atoms with Crippen molar-refractivity contribution in [2.75, 3.05) is 19.7 Å². The fourth-order valence-electron chi connectivity index (χ4n) is 0.975. The number of carbonyl (C=O) groups is 1. The SMILES string of the molecule is CCOC(=O)CCNCC(C)(C)CC. The zero-order valence-corrected chi connectivity index (χ0v) is 9.85. The molecule has 0 fully saturated rings. The smallest absolute Gasteiger partial charge is 0.307 e. The first-order chi connectivity index (χ1) is 6.52. The lowest BCUT2D eigenvalue weighted by atomic mass is 9.90. The van der Waals surface area contributed by atoms with Crippen molar-refractivity contribution in [2.45, 2.75) is 40.5 Å². The van der Waals surface area contributed by atoms with Gasteiger partial charge in [0.1, 0.15) is 0 Å². The van der Waals surface area contributed by atoms with Gasteiger partial charge in [-0.2, -0.15) is 0 Å². The van der Waals surface area contributed by atoms with Gasteiger partial charge in [0.2, 0.25) is 0 Å². The molecular weight excluding hydrogens is 178 g/mol. The van der Waals surface area contributed by atoms with Crippen LogP contribution in [0.1, 0.15) is 40.5 Å². The van der Waals surface area contributed by atoms with E-state index >= 15 is 0 Å². The van der Waals surface area contributed by atoms with Crippen LogP contribution in [0.3, 0.4) is 0 Å². The molecule has 0 radical (unpaired) electrons. The molecule has 0 atom stereocenters. The van der Waals surface area contributed by atoms with Gasteiger partial charge >= 0.3 is 5.97 Å². The molecule has 0 aliphatic heterocycles. The first-order valence-corrected chi connectivity index (χ1v) is 5.38. The van der Waals surface area contributed by atoms with Crippen LogP contribution in [-0.2, 0) is 9.53 Å². The third kappa shape index (κ3) is 6.89. The van der Waals surface area contributed by atoms with Gasteiger partial charge in [0.05, 0.1) is 13.0 Å². The van der Waals surface area contributed by atoms with Crippen LogP contribution >= 0.6 is 0 Å². The van der Waals surface area contributed by atoms with E-state index in [1.54, 1.807) is 0 Å². The molecule has 0 rings (SSSR count). The summed E-state index contributed by atoms with van der Waals surface area (Å²) in [6, 6.07) is 0. The first-order valence-electron chi connectivity index (χ1n) is 5.38. The molecule has 0 aromatic rings. The van der Waals surface area contributed by atoms with E-state index in [9.17, 15) is 4.79 Å². The summed E-state index contributed by atoms with van der Waals surface area (Å²) in [5, 5.41) is 3.27. The van der Waals surface area contributed by atoms with E-state index in [0.717, 1.165) is 13.0 Å². The Labute approximate surface area is 87.2 Å². The summed E-state index contributed by atoms with van der Waals surface area (Å²) in [5.41, 5.74) is 0.314. The Morgan fingerprint density at radius 1 is 1.36 bits per heavy atom. The van der Waals surface area contributed by atoms with Crippen molar-refractivity contribution in [1.82, 2.24) is 5.32 Å². The molecule has 1 N–H and O–H groups in total.